The smallest absolute Gasteiger partial charge is 0.416 e. The molecule has 0 saturated carbocycles. The van der Waals surface area contributed by atoms with Crippen molar-refractivity contribution in [2.45, 2.75) is 18.6 Å². The van der Waals surface area contributed by atoms with E-state index in [0.717, 1.165) is 34.7 Å². The van der Waals surface area contributed by atoms with Crippen LogP contribution in [0.1, 0.15) is 28.4 Å². The zero-order chi connectivity index (χ0) is 23.5. The monoisotopic (exact) mass is 456 g/mol. The Labute approximate surface area is 184 Å². The van der Waals surface area contributed by atoms with Crippen molar-refractivity contribution in [2.75, 3.05) is 13.6 Å². The van der Waals surface area contributed by atoms with Gasteiger partial charge >= 0.3 is 11.9 Å². The highest BCUT2D eigenvalue weighted by molar-refractivity contribution is 5.85. The van der Waals surface area contributed by atoms with E-state index in [1.807, 2.05) is 29.2 Å². The van der Waals surface area contributed by atoms with Crippen molar-refractivity contribution in [3.8, 4) is 11.6 Å². The zero-order valence-corrected chi connectivity index (χ0v) is 17.4. The van der Waals surface area contributed by atoms with Gasteiger partial charge in [-0.3, -0.25) is 14.7 Å². The van der Waals surface area contributed by atoms with E-state index in [2.05, 4.69) is 9.97 Å². The molecule has 1 aliphatic rings. The Hall–Kier alpha value is -3.79. The molecule has 10 heteroatoms. The second kappa shape index (κ2) is 7.38. The highest BCUT2D eigenvalue weighted by Gasteiger charge is 2.35. The van der Waals surface area contributed by atoms with Crippen LogP contribution in [-0.4, -0.2) is 38.1 Å². The molecule has 0 aliphatic carbocycles. The minimum absolute atomic E-state index is 0.123. The van der Waals surface area contributed by atoms with E-state index < -0.39 is 34.9 Å². The first kappa shape index (κ1) is 21.1. The van der Waals surface area contributed by atoms with Crippen LogP contribution in [0.15, 0.2) is 58.1 Å². The minimum Gasteiger partial charge on any atom is -0.494 e. The van der Waals surface area contributed by atoms with Crippen LogP contribution < -0.4 is 11.2 Å². The third-order valence-electron chi connectivity index (χ3n) is 6.10. The summed E-state index contributed by atoms with van der Waals surface area (Å²) in [5, 5.41) is 12.1. The predicted molar refractivity (Wildman–Crippen MR) is 116 cm³/mol. The van der Waals surface area contributed by atoms with Gasteiger partial charge in [0.25, 0.3) is 5.56 Å². The van der Waals surface area contributed by atoms with E-state index in [9.17, 15) is 27.9 Å². The molecule has 5 rings (SSSR count). The second-order valence-electron chi connectivity index (χ2n) is 8.08. The fraction of sp³-hybridized carbons (Fsp3) is 0.217. The molecule has 0 fully saturated rings. The third kappa shape index (κ3) is 3.34. The number of halogens is 3. The maximum absolute atomic E-state index is 13.2. The van der Waals surface area contributed by atoms with Crippen LogP contribution >= 0.6 is 0 Å². The van der Waals surface area contributed by atoms with Crippen LogP contribution in [0.5, 0.6) is 5.88 Å². The van der Waals surface area contributed by atoms with E-state index >= 15 is 0 Å². The van der Waals surface area contributed by atoms with E-state index in [4.69, 9.17) is 0 Å². The summed E-state index contributed by atoms with van der Waals surface area (Å²) >= 11 is 0. The summed E-state index contributed by atoms with van der Waals surface area (Å²) in [6.45, 7) is 0.571. The summed E-state index contributed by atoms with van der Waals surface area (Å²) in [6, 6.07) is 10.9. The van der Waals surface area contributed by atoms with Crippen LogP contribution in [0.2, 0.25) is 0 Å². The molecule has 3 N–H and O–H groups in total. The number of aromatic amines is 2. The maximum Gasteiger partial charge on any atom is 0.416 e. The summed E-state index contributed by atoms with van der Waals surface area (Å²) < 4.78 is 40.3. The van der Waals surface area contributed by atoms with Gasteiger partial charge in [-0.25, -0.2) is 9.36 Å². The molecule has 0 bridgehead atoms. The van der Waals surface area contributed by atoms with Crippen molar-refractivity contribution in [3.63, 3.8) is 0 Å². The van der Waals surface area contributed by atoms with Gasteiger partial charge < -0.3 is 10.1 Å². The summed E-state index contributed by atoms with van der Waals surface area (Å²) in [7, 11) is 1.78. The topological polar surface area (TPSA) is 94.1 Å². The molecule has 0 saturated heterocycles. The average molecular weight is 456 g/mol. The molecule has 2 aromatic heterocycles. The summed E-state index contributed by atoms with van der Waals surface area (Å²) in [5.74, 6) is -0.702. The molecule has 2 aromatic carbocycles. The summed E-state index contributed by atoms with van der Waals surface area (Å²) in [4.78, 5) is 32.8. The molecule has 7 nitrogen and oxygen atoms in total. The Morgan fingerprint density at radius 3 is 2.58 bits per heavy atom. The molecule has 170 valence electrons. The van der Waals surface area contributed by atoms with Crippen molar-refractivity contribution in [3.05, 3.63) is 91.8 Å². The number of H-pyrrole nitrogens is 2. The van der Waals surface area contributed by atoms with Gasteiger partial charge in [-0.2, -0.15) is 13.2 Å². The molecule has 4 aromatic rings. The second-order valence-corrected chi connectivity index (χ2v) is 8.08. The van der Waals surface area contributed by atoms with Crippen molar-refractivity contribution >= 4 is 10.9 Å². The Kier molecular flexibility index (Phi) is 4.71. The number of nitrogens with zero attached hydrogens (tertiary/aromatic N) is 2. The standard InChI is InChI=1S/C23H19F3N4O3/c1-29-10-9-15-14-7-2-3-8-16(14)27-18(15)19(29)17-20(31)28-22(33)30(21(17)32)13-6-4-5-12(11-13)23(24,25)26/h2-8,11,19,27,32H,9-10H2,1H3,(H,28,31,33)/t19-/m0/s1. The summed E-state index contributed by atoms with van der Waals surface area (Å²) in [5.41, 5.74) is -0.594. The Bertz CT molecular complexity index is 1500. The van der Waals surface area contributed by atoms with E-state index in [1.165, 1.54) is 6.07 Å². The van der Waals surface area contributed by atoms with Crippen LogP contribution in [0.25, 0.3) is 16.6 Å². The summed E-state index contributed by atoms with van der Waals surface area (Å²) in [6.07, 6.45) is -3.93. The Morgan fingerprint density at radius 1 is 1.06 bits per heavy atom. The van der Waals surface area contributed by atoms with E-state index in [0.29, 0.717) is 23.2 Å². The number of para-hydroxylation sites is 1. The number of aromatic nitrogens is 3. The quantitative estimate of drug-likeness (QED) is 0.432. The molecule has 3 heterocycles. The molecular formula is C23H19F3N4O3. The van der Waals surface area contributed by atoms with Crippen LogP contribution in [-0.2, 0) is 12.6 Å². The lowest BCUT2D eigenvalue weighted by atomic mass is 9.93. The average Bonchev–Trinajstić information content (AvgIpc) is 3.13. The van der Waals surface area contributed by atoms with Gasteiger partial charge in [-0.05, 0) is 43.3 Å². The van der Waals surface area contributed by atoms with Gasteiger partial charge in [0, 0.05) is 23.1 Å². The number of rotatable bonds is 2. The molecule has 0 radical (unpaired) electrons. The highest BCUT2D eigenvalue weighted by atomic mass is 19.4. The molecule has 0 spiro atoms. The van der Waals surface area contributed by atoms with Gasteiger partial charge in [0.2, 0.25) is 5.88 Å². The van der Waals surface area contributed by atoms with E-state index in [-0.39, 0.29) is 11.3 Å². The number of nitrogens with one attached hydrogen (secondary N) is 2. The number of aromatic hydroxyl groups is 1. The van der Waals surface area contributed by atoms with Gasteiger partial charge in [0.15, 0.2) is 0 Å². The van der Waals surface area contributed by atoms with Crippen LogP contribution in [0.3, 0.4) is 0 Å². The zero-order valence-electron chi connectivity index (χ0n) is 17.4. The number of benzene rings is 2. The first-order valence-corrected chi connectivity index (χ1v) is 10.2. The van der Waals surface area contributed by atoms with Crippen LogP contribution in [0.4, 0.5) is 13.2 Å². The fourth-order valence-corrected chi connectivity index (χ4v) is 4.57. The van der Waals surface area contributed by atoms with Crippen molar-refractivity contribution in [1.29, 1.82) is 0 Å². The molecule has 1 atom stereocenters. The van der Waals surface area contributed by atoms with Gasteiger partial charge in [-0.1, -0.05) is 24.3 Å². The van der Waals surface area contributed by atoms with Crippen molar-refractivity contribution in [2.24, 2.45) is 0 Å². The fourth-order valence-electron chi connectivity index (χ4n) is 4.57. The lowest BCUT2D eigenvalue weighted by molar-refractivity contribution is -0.137. The molecule has 1 aliphatic heterocycles. The lowest BCUT2D eigenvalue weighted by Crippen LogP contribution is -2.39. The van der Waals surface area contributed by atoms with Crippen LogP contribution in [0, 0.1) is 0 Å². The van der Waals surface area contributed by atoms with Gasteiger partial charge in [0.1, 0.15) is 5.56 Å². The normalized spacial score (nSPS) is 16.8. The minimum atomic E-state index is -4.64. The van der Waals surface area contributed by atoms with Crippen molar-refractivity contribution in [1.82, 2.24) is 19.4 Å². The third-order valence-corrected chi connectivity index (χ3v) is 6.10. The van der Waals surface area contributed by atoms with Gasteiger partial charge in [-0.15, -0.1) is 0 Å². The first-order chi connectivity index (χ1) is 15.7. The highest BCUT2D eigenvalue weighted by Crippen LogP contribution is 2.39. The Morgan fingerprint density at radius 2 is 1.82 bits per heavy atom. The van der Waals surface area contributed by atoms with Gasteiger partial charge in [0.05, 0.1) is 17.3 Å². The molecule has 0 amide bonds. The predicted octanol–water partition coefficient (Wildman–Crippen LogP) is 3.31. The van der Waals surface area contributed by atoms with E-state index in [1.54, 1.807) is 7.05 Å². The number of fused-ring (bicyclic) bond motifs is 3. The number of hydrogen-bond donors (Lipinski definition) is 3. The molecule has 33 heavy (non-hydrogen) atoms. The Balaban J connectivity index is 1.75. The first-order valence-electron chi connectivity index (χ1n) is 10.2. The maximum atomic E-state index is 13.2. The molecular weight excluding hydrogens is 437 g/mol. The molecule has 0 unspecified atom stereocenters. The largest absolute Gasteiger partial charge is 0.494 e. The number of alkyl halides is 3. The lowest BCUT2D eigenvalue weighted by Gasteiger charge is -2.33. The van der Waals surface area contributed by atoms with Crippen molar-refractivity contribution < 1.29 is 18.3 Å². The number of hydrogen-bond acceptors (Lipinski definition) is 4. The number of likely N-dealkylation sites (N-methyl/N-ethyl adjacent to an activating group) is 1. The SMILES string of the molecule is CN1CCc2c([nH]c3ccccc23)[C@@H]1c1c(O)n(-c2cccc(C(F)(F)F)c2)c(=O)[nH]c1=O.